The predicted octanol–water partition coefficient (Wildman–Crippen LogP) is 4.49. The molecule has 32 heavy (non-hydrogen) atoms. The van der Waals surface area contributed by atoms with Crippen molar-refractivity contribution < 1.29 is 14.7 Å². The van der Waals surface area contributed by atoms with Crippen molar-refractivity contribution in [1.82, 2.24) is 9.99 Å². The molecule has 0 bridgehead atoms. The van der Waals surface area contributed by atoms with Crippen molar-refractivity contribution in [2.45, 2.75) is 26.8 Å². The van der Waals surface area contributed by atoms with Crippen LogP contribution in [0.4, 0.5) is 5.69 Å². The normalized spacial score (nSPS) is 11.6. The van der Waals surface area contributed by atoms with E-state index >= 15 is 0 Å². The Balaban J connectivity index is 1.68. The number of nitrogens with zero attached hydrogens (tertiary/aromatic N) is 2. The maximum absolute atomic E-state index is 12.6. The van der Waals surface area contributed by atoms with Crippen molar-refractivity contribution >= 4 is 28.5 Å². The molecule has 2 aromatic carbocycles. The van der Waals surface area contributed by atoms with Gasteiger partial charge < -0.3 is 15.4 Å². The fourth-order valence-electron chi connectivity index (χ4n) is 3.31. The minimum atomic E-state index is -0.934. The molecule has 0 unspecified atom stereocenters. The summed E-state index contributed by atoms with van der Waals surface area (Å²) in [6.45, 7) is 7.77. The summed E-state index contributed by atoms with van der Waals surface area (Å²) in [6, 6.07) is 18.5. The summed E-state index contributed by atoms with van der Waals surface area (Å²) in [5.74, 6) is 4.94. The maximum atomic E-state index is 12.6. The lowest BCUT2D eigenvalue weighted by Crippen LogP contribution is -2.30. The summed E-state index contributed by atoms with van der Waals surface area (Å²) in [7, 11) is 0. The third kappa shape index (κ3) is 5.59. The van der Waals surface area contributed by atoms with Gasteiger partial charge in [0.2, 0.25) is 0 Å². The second-order valence-electron chi connectivity index (χ2n) is 7.58. The van der Waals surface area contributed by atoms with Crippen molar-refractivity contribution in [3.05, 3.63) is 95.3 Å². The Morgan fingerprint density at radius 2 is 1.75 bits per heavy atom. The van der Waals surface area contributed by atoms with E-state index in [1.165, 1.54) is 5.01 Å². The van der Waals surface area contributed by atoms with Gasteiger partial charge in [0, 0.05) is 16.8 Å². The van der Waals surface area contributed by atoms with Gasteiger partial charge in [0.25, 0.3) is 5.91 Å². The second-order valence-corrected chi connectivity index (χ2v) is 7.58. The van der Waals surface area contributed by atoms with Crippen LogP contribution in [0, 0.1) is 0 Å². The molecule has 1 heterocycles. The van der Waals surface area contributed by atoms with Gasteiger partial charge in [0.15, 0.2) is 0 Å². The zero-order valence-corrected chi connectivity index (χ0v) is 18.1. The van der Waals surface area contributed by atoms with E-state index in [-0.39, 0.29) is 12.3 Å². The lowest BCUT2D eigenvalue weighted by atomic mass is 10.0. The van der Waals surface area contributed by atoms with Crippen LogP contribution < -0.4 is 11.2 Å². The molecule has 0 saturated heterocycles. The van der Waals surface area contributed by atoms with Gasteiger partial charge in [-0.15, -0.1) is 0 Å². The van der Waals surface area contributed by atoms with E-state index in [1.807, 2.05) is 42.5 Å². The van der Waals surface area contributed by atoms with Gasteiger partial charge in [-0.05, 0) is 49.2 Å². The highest BCUT2D eigenvalue weighted by molar-refractivity contribution is 6.04. The van der Waals surface area contributed by atoms with E-state index in [0.717, 1.165) is 16.5 Å². The number of carboxylic acid groups (broad SMARTS) is 1. The SMILES string of the molecule is C=C(C)/C(CC(=O)O)=C(/C)N(N)Cc1ccc(NC(=O)c2ccc3ccccc3n2)cc1. The molecule has 164 valence electrons. The number of nitrogens with one attached hydrogen (secondary N) is 1. The van der Waals surface area contributed by atoms with E-state index in [0.29, 0.717) is 34.8 Å². The molecule has 0 aliphatic rings. The number of hydrogen-bond donors (Lipinski definition) is 3. The molecule has 0 fully saturated rings. The van der Waals surface area contributed by atoms with Gasteiger partial charge in [0.05, 0.1) is 18.5 Å². The molecule has 0 aliphatic heterocycles. The minimum Gasteiger partial charge on any atom is -0.481 e. The van der Waals surface area contributed by atoms with Crippen molar-refractivity contribution in [2.75, 3.05) is 5.32 Å². The van der Waals surface area contributed by atoms with Crippen LogP contribution in [0.1, 0.15) is 36.3 Å². The molecular formula is C25H26N4O3. The van der Waals surface area contributed by atoms with Crippen LogP contribution in [0.15, 0.2) is 84.1 Å². The lowest BCUT2D eigenvalue weighted by molar-refractivity contribution is -0.136. The standard InChI is InChI=1S/C25H26N4O3/c1-16(2)21(14-24(30)31)17(3)29(26)15-18-8-11-20(12-9-18)27-25(32)23-13-10-19-6-4-5-7-22(19)28-23/h4-13H,1,14-15,26H2,2-3H3,(H,27,32)(H,30,31)/b21-17-. The highest BCUT2D eigenvalue weighted by Gasteiger charge is 2.13. The number of hydrazine groups is 1. The van der Waals surface area contributed by atoms with Gasteiger partial charge >= 0.3 is 5.97 Å². The van der Waals surface area contributed by atoms with Crippen LogP contribution in [-0.4, -0.2) is 27.0 Å². The molecular weight excluding hydrogens is 404 g/mol. The Hall–Kier alpha value is -3.97. The van der Waals surface area contributed by atoms with Gasteiger partial charge in [-0.3, -0.25) is 9.59 Å². The van der Waals surface area contributed by atoms with Crippen LogP contribution in [0.3, 0.4) is 0 Å². The topological polar surface area (TPSA) is 109 Å². The number of carbonyl (C=O) groups is 2. The molecule has 0 saturated carbocycles. The van der Waals surface area contributed by atoms with Crippen LogP contribution >= 0.6 is 0 Å². The van der Waals surface area contributed by atoms with E-state index in [1.54, 1.807) is 32.0 Å². The number of hydrogen-bond acceptors (Lipinski definition) is 5. The lowest BCUT2D eigenvalue weighted by Gasteiger charge is -2.23. The fourth-order valence-corrected chi connectivity index (χ4v) is 3.31. The first-order valence-electron chi connectivity index (χ1n) is 10.1. The van der Waals surface area contributed by atoms with E-state index in [4.69, 9.17) is 10.9 Å². The number of fused-ring (bicyclic) bond motifs is 1. The van der Waals surface area contributed by atoms with Gasteiger partial charge in [-0.2, -0.15) is 0 Å². The smallest absolute Gasteiger partial charge is 0.307 e. The van der Waals surface area contributed by atoms with Crippen molar-refractivity contribution in [3.8, 4) is 0 Å². The third-order valence-corrected chi connectivity index (χ3v) is 5.11. The number of amides is 1. The van der Waals surface area contributed by atoms with Gasteiger partial charge in [0.1, 0.15) is 5.69 Å². The Labute approximate surface area is 186 Å². The number of aromatic nitrogens is 1. The molecule has 4 N–H and O–H groups in total. The van der Waals surface area contributed by atoms with E-state index in [9.17, 15) is 9.59 Å². The summed E-state index contributed by atoms with van der Waals surface area (Å²) in [5.41, 5.74) is 4.57. The average Bonchev–Trinajstić information content (AvgIpc) is 2.77. The summed E-state index contributed by atoms with van der Waals surface area (Å²) < 4.78 is 0. The summed E-state index contributed by atoms with van der Waals surface area (Å²) in [4.78, 5) is 28.1. The number of nitrogens with two attached hydrogens (primary N) is 1. The molecule has 3 rings (SSSR count). The highest BCUT2D eigenvalue weighted by Crippen LogP contribution is 2.21. The molecule has 3 aromatic rings. The summed E-state index contributed by atoms with van der Waals surface area (Å²) >= 11 is 0. The number of anilines is 1. The molecule has 1 amide bonds. The number of carboxylic acids is 1. The van der Waals surface area contributed by atoms with Crippen LogP contribution in [0.25, 0.3) is 10.9 Å². The summed E-state index contributed by atoms with van der Waals surface area (Å²) in [5, 5.41) is 14.4. The number of allylic oxidation sites excluding steroid dienone is 2. The van der Waals surface area contributed by atoms with E-state index < -0.39 is 5.97 Å². The molecule has 0 aliphatic carbocycles. The average molecular weight is 431 g/mol. The first kappa shape index (κ1) is 22.7. The Kier molecular flexibility index (Phi) is 7.02. The molecule has 0 radical (unpaired) electrons. The zero-order chi connectivity index (χ0) is 23.3. The van der Waals surface area contributed by atoms with Gasteiger partial charge in [-0.1, -0.05) is 48.6 Å². The molecule has 1 aromatic heterocycles. The van der Waals surface area contributed by atoms with Crippen molar-refractivity contribution in [2.24, 2.45) is 5.84 Å². The fraction of sp³-hybridized carbons (Fsp3) is 0.160. The maximum Gasteiger partial charge on any atom is 0.307 e. The number of aliphatic carboxylic acids is 1. The zero-order valence-electron chi connectivity index (χ0n) is 18.1. The summed E-state index contributed by atoms with van der Waals surface area (Å²) in [6.07, 6.45) is -0.136. The van der Waals surface area contributed by atoms with Crippen LogP contribution in [0.2, 0.25) is 0 Å². The Bertz CT molecular complexity index is 1200. The number of carbonyl (C=O) groups excluding carboxylic acids is 1. The highest BCUT2D eigenvalue weighted by atomic mass is 16.4. The minimum absolute atomic E-state index is 0.136. The third-order valence-electron chi connectivity index (χ3n) is 5.11. The largest absolute Gasteiger partial charge is 0.481 e. The monoisotopic (exact) mass is 430 g/mol. The van der Waals surface area contributed by atoms with Crippen LogP contribution in [0.5, 0.6) is 0 Å². The molecule has 0 spiro atoms. The predicted molar refractivity (Wildman–Crippen MR) is 126 cm³/mol. The first-order valence-corrected chi connectivity index (χ1v) is 10.1. The number of para-hydroxylation sites is 1. The Morgan fingerprint density at radius 1 is 1.06 bits per heavy atom. The Morgan fingerprint density at radius 3 is 2.41 bits per heavy atom. The number of benzene rings is 2. The number of pyridine rings is 1. The first-order chi connectivity index (χ1) is 15.2. The molecule has 7 nitrogen and oxygen atoms in total. The molecule has 7 heteroatoms. The quantitative estimate of drug-likeness (QED) is 0.276. The van der Waals surface area contributed by atoms with Crippen molar-refractivity contribution in [3.63, 3.8) is 0 Å². The van der Waals surface area contributed by atoms with E-state index in [2.05, 4.69) is 16.9 Å². The van der Waals surface area contributed by atoms with Crippen LogP contribution in [-0.2, 0) is 11.3 Å². The molecule has 0 atom stereocenters. The van der Waals surface area contributed by atoms with Gasteiger partial charge in [-0.25, -0.2) is 10.8 Å². The number of rotatable bonds is 8. The second kappa shape index (κ2) is 9.89. The van der Waals surface area contributed by atoms with Crippen molar-refractivity contribution in [1.29, 1.82) is 0 Å².